The molecule has 0 aliphatic carbocycles. The van der Waals surface area contributed by atoms with E-state index in [1.54, 1.807) is 18.2 Å². The van der Waals surface area contributed by atoms with Gasteiger partial charge in [-0.15, -0.1) is 0 Å². The van der Waals surface area contributed by atoms with E-state index in [0.29, 0.717) is 26.9 Å². The van der Waals surface area contributed by atoms with Crippen LogP contribution in [-0.4, -0.2) is 15.1 Å². The van der Waals surface area contributed by atoms with E-state index < -0.39 is 0 Å². The molecule has 0 amide bonds. The molecule has 3 aromatic rings. The zero-order valence-corrected chi connectivity index (χ0v) is 11.5. The minimum atomic E-state index is 0.191. The van der Waals surface area contributed by atoms with Crippen LogP contribution < -0.4 is 0 Å². The summed E-state index contributed by atoms with van der Waals surface area (Å²) in [5.41, 5.74) is 3.13. The first-order valence-corrected chi connectivity index (χ1v) is 6.45. The summed E-state index contributed by atoms with van der Waals surface area (Å²) >= 11 is 11.9. The molecule has 0 unspecified atom stereocenters. The van der Waals surface area contributed by atoms with Crippen LogP contribution in [0.25, 0.3) is 22.4 Å². The number of aryl methyl sites for hydroxylation is 1. The molecule has 0 saturated carbocycles. The summed E-state index contributed by atoms with van der Waals surface area (Å²) < 4.78 is 0. The molecule has 96 valence electrons. The van der Waals surface area contributed by atoms with Crippen LogP contribution in [0.15, 0.2) is 30.3 Å². The molecule has 2 N–H and O–H groups in total. The van der Waals surface area contributed by atoms with E-state index in [4.69, 9.17) is 23.2 Å². The largest absolute Gasteiger partial charge is 0.507 e. The third-order valence-electron chi connectivity index (χ3n) is 2.93. The number of nitrogens with one attached hydrogen (secondary N) is 1. The van der Waals surface area contributed by atoms with E-state index >= 15 is 0 Å². The number of aromatic amines is 1. The highest BCUT2D eigenvalue weighted by molar-refractivity contribution is 6.42. The van der Waals surface area contributed by atoms with Crippen molar-refractivity contribution in [2.75, 3.05) is 0 Å². The van der Waals surface area contributed by atoms with Crippen LogP contribution in [0.2, 0.25) is 10.0 Å². The molecule has 1 aromatic heterocycles. The number of fused-ring (bicyclic) bond motifs is 1. The normalized spacial score (nSPS) is 11.1. The number of nitrogens with zero attached hydrogens (tertiary/aromatic N) is 1. The lowest BCUT2D eigenvalue weighted by molar-refractivity contribution is 0.476. The maximum absolute atomic E-state index is 9.97. The Kier molecular flexibility index (Phi) is 2.88. The van der Waals surface area contributed by atoms with Crippen LogP contribution in [0.5, 0.6) is 5.75 Å². The van der Waals surface area contributed by atoms with Crippen molar-refractivity contribution in [3.8, 4) is 17.1 Å². The summed E-state index contributed by atoms with van der Waals surface area (Å²) in [7, 11) is 0. The Balaban J connectivity index is 2.20. The Bertz CT molecular complexity index is 741. The SMILES string of the molecule is Cc1ccc(-c2nc3cc(Cl)c(Cl)cc3[nH]2)c(O)c1. The lowest BCUT2D eigenvalue weighted by atomic mass is 10.1. The van der Waals surface area contributed by atoms with E-state index in [2.05, 4.69) is 9.97 Å². The van der Waals surface area contributed by atoms with Gasteiger partial charge < -0.3 is 10.1 Å². The smallest absolute Gasteiger partial charge is 0.142 e. The lowest BCUT2D eigenvalue weighted by Gasteiger charge is -2.01. The fraction of sp³-hybridized carbons (Fsp3) is 0.0714. The predicted molar refractivity (Wildman–Crippen MR) is 78.0 cm³/mol. The maximum atomic E-state index is 9.97. The van der Waals surface area contributed by atoms with Crippen LogP contribution in [0.1, 0.15) is 5.56 Å². The van der Waals surface area contributed by atoms with Gasteiger partial charge in [0.05, 0.1) is 26.6 Å². The average Bonchev–Trinajstić information content (AvgIpc) is 2.72. The number of aromatic hydroxyl groups is 1. The molecular formula is C14H10Cl2N2O. The van der Waals surface area contributed by atoms with Crippen molar-refractivity contribution >= 4 is 34.2 Å². The summed E-state index contributed by atoms with van der Waals surface area (Å²) in [4.78, 5) is 7.54. The first-order chi connectivity index (χ1) is 9.04. The van der Waals surface area contributed by atoms with Gasteiger partial charge in [-0.1, -0.05) is 29.3 Å². The van der Waals surface area contributed by atoms with Crippen molar-refractivity contribution in [3.63, 3.8) is 0 Å². The van der Waals surface area contributed by atoms with E-state index in [0.717, 1.165) is 11.1 Å². The van der Waals surface area contributed by atoms with Crippen LogP contribution >= 0.6 is 23.2 Å². The molecule has 1 heterocycles. The molecule has 2 aromatic carbocycles. The van der Waals surface area contributed by atoms with Gasteiger partial charge in [-0.2, -0.15) is 0 Å². The molecule has 0 fully saturated rings. The molecule has 0 radical (unpaired) electrons. The Hall–Kier alpha value is -1.71. The monoisotopic (exact) mass is 292 g/mol. The maximum Gasteiger partial charge on any atom is 0.142 e. The Labute approximate surface area is 119 Å². The summed E-state index contributed by atoms with van der Waals surface area (Å²) in [5, 5.41) is 10.9. The van der Waals surface area contributed by atoms with Gasteiger partial charge in [0.15, 0.2) is 0 Å². The second-order valence-electron chi connectivity index (χ2n) is 4.39. The minimum Gasteiger partial charge on any atom is -0.507 e. The van der Waals surface area contributed by atoms with Gasteiger partial charge in [0.1, 0.15) is 11.6 Å². The molecule has 3 nitrogen and oxygen atoms in total. The van der Waals surface area contributed by atoms with Crippen molar-refractivity contribution in [2.45, 2.75) is 6.92 Å². The molecule has 0 saturated heterocycles. The van der Waals surface area contributed by atoms with Crippen LogP contribution in [-0.2, 0) is 0 Å². The number of hydrogen-bond donors (Lipinski definition) is 2. The molecule has 0 aliphatic heterocycles. The lowest BCUT2D eigenvalue weighted by Crippen LogP contribution is -1.82. The van der Waals surface area contributed by atoms with Gasteiger partial charge in [-0.3, -0.25) is 0 Å². The minimum absolute atomic E-state index is 0.191. The molecular weight excluding hydrogens is 283 g/mol. The van der Waals surface area contributed by atoms with Crippen LogP contribution in [0.3, 0.4) is 0 Å². The second kappa shape index (κ2) is 4.44. The van der Waals surface area contributed by atoms with Gasteiger partial charge in [-0.05, 0) is 36.8 Å². The van der Waals surface area contributed by atoms with Gasteiger partial charge >= 0.3 is 0 Å². The number of H-pyrrole nitrogens is 1. The number of phenols is 1. The zero-order chi connectivity index (χ0) is 13.6. The number of rotatable bonds is 1. The number of hydrogen-bond acceptors (Lipinski definition) is 2. The third-order valence-corrected chi connectivity index (χ3v) is 3.65. The topological polar surface area (TPSA) is 48.9 Å². The summed E-state index contributed by atoms with van der Waals surface area (Å²) in [6.45, 7) is 1.92. The van der Waals surface area contributed by atoms with E-state index in [1.165, 1.54) is 0 Å². The highest BCUT2D eigenvalue weighted by Gasteiger charge is 2.11. The molecule has 0 aliphatic rings. The number of imidazole rings is 1. The molecule has 5 heteroatoms. The third kappa shape index (κ3) is 2.15. The molecule has 3 rings (SSSR count). The Morgan fingerprint density at radius 1 is 1.11 bits per heavy atom. The molecule has 19 heavy (non-hydrogen) atoms. The highest BCUT2D eigenvalue weighted by atomic mass is 35.5. The molecule has 0 spiro atoms. The fourth-order valence-corrected chi connectivity index (χ4v) is 2.30. The second-order valence-corrected chi connectivity index (χ2v) is 5.20. The van der Waals surface area contributed by atoms with Gasteiger partial charge in [0, 0.05) is 0 Å². The standard InChI is InChI=1S/C14H10Cl2N2O/c1-7-2-3-8(13(19)4-7)14-17-11-5-9(15)10(16)6-12(11)18-14/h2-6,19H,1H3,(H,17,18). The van der Waals surface area contributed by atoms with Gasteiger partial charge in [-0.25, -0.2) is 4.98 Å². The van der Waals surface area contributed by atoms with Crippen molar-refractivity contribution in [2.24, 2.45) is 0 Å². The highest BCUT2D eigenvalue weighted by Crippen LogP contribution is 2.32. The van der Waals surface area contributed by atoms with Gasteiger partial charge in [0.25, 0.3) is 0 Å². The summed E-state index contributed by atoms with van der Waals surface area (Å²) in [6, 6.07) is 8.86. The Morgan fingerprint density at radius 2 is 1.84 bits per heavy atom. The number of benzene rings is 2. The molecule has 0 atom stereocenters. The first kappa shape index (κ1) is 12.3. The van der Waals surface area contributed by atoms with E-state index in [9.17, 15) is 5.11 Å². The quantitative estimate of drug-likeness (QED) is 0.691. The predicted octanol–water partition coefficient (Wildman–Crippen LogP) is 4.55. The Morgan fingerprint density at radius 3 is 2.58 bits per heavy atom. The number of phenolic OH excluding ortho intramolecular Hbond substituents is 1. The van der Waals surface area contributed by atoms with Gasteiger partial charge in [0.2, 0.25) is 0 Å². The first-order valence-electron chi connectivity index (χ1n) is 5.69. The fourth-order valence-electron chi connectivity index (χ4n) is 1.97. The van der Waals surface area contributed by atoms with Crippen molar-refractivity contribution in [3.05, 3.63) is 45.9 Å². The van der Waals surface area contributed by atoms with Crippen LogP contribution in [0, 0.1) is 6.92 Å². The van der Waals surface area contributed by atoms with E-state index in [-0.39, 0.29) is 5.75 Å². The number of halogens is 2. The van der Waals surface area contributed by atoms with Crippen molar-refractivity contribution < 1.29 is 5.11 Å². The molecule has 0 bridgehead atoms. The van der Waals surface area contributed by atoms with Crippen LogP contribution in [0.4, 0.5) is 0 Å². The zero-order valence-electron chi connectivity index (χ0n) is 10.0. The average molecular weight is 293 g/mol. The number of aromatic nitrogens is 2. The van der Waals surface area contributed by atoms with E-state index in [1.807, 2.05) is 19.1 Å². The summed E-state index contributed by atoms with van der Waals surface area (Å²) in [6.07, 6.45) is 0. The van der Waals surface area contributed by atoms with Crippen molar-refractivity contribution in [1.82, 2.24) is 9.97 Å². The van der Waals surface area contributed by atoms with Crippen molar-refractivity contribution in [1.29, 1.82) is 0 Å². The summed E-state index contributed by atoms with van der Waals surface area (Å²) in [5.74, 6) is 0.780.